The molecule has 0 aromatic carbocycles. The van der Waals surface area contributed by atoms with Crippen LogP contribution in [0.15, 0.2) is 12.3 Å². The van der Waals surface area contributed by atoms with Gasteiger partial charge in [0.1, 0.15) is 0 Å². The Balaban J connectivity index is 1.31. The van der Waals surface area contributed by atoms with Crippen molar-refractivity contribution in [2.45, 2.75) is 68.3 Å². The molecule has 2 saturated heterocycles. The van der Waals surface area contributed by atoms with Crippen molar-refractivity contribution >= 4 is 17.7 Å². The summed E-state index contributed by atoms with van der Waals surface area (Å²) in [6.07, 6.45) is 0.357. The number of hydrogen-bond acceptors (Lipinski definition) is 6. The van der Waals surface area contributed by atoms with Gasteiger partial charge in [-0.1, -0.05) is 0 Å². The summed E-state index contributed by atoms with van der Waals surface area (Å²) < 4.78 is 50.6. The molecule has 0 bridgehead atoms. The van der Waals surface area contributed by atoms with E-state index in [0.29, 0.717) is 37.4 Å². The van der Waals surface area contributed by atoms with E-state index in [1.54, 1.807) is 12.0 Å². The number of aromatic nitrogens is 1. The van der Waals surface area contributed by atoms with E-state index in [9.17, 15) is 18.0 Å². The predicted octanol–water partition coefficient (Wildman–Crippen LogP) is 3.03. The first kappa shape index (κ1) is 23.4. The van der Waals surface area contributed by atoms with Crippen LogP contribution in [0.3, 0.4) is 0 Å². The molecule has 1 amide bonds. The van der Waals surface area contributed by atoms with Gasteiger partial charge in [0.15, 0.2) is 0 Å². The van der Waals surface area contributed by atoms with Gasteiger partial charge >= 0.3 is 6.18 Å². The Morgan fingerprint density at radius 3 is 3.06 bits per heavy atom. The molecule has 182 valence electrons. The number of pyridine rings is 1. The number of carbonyl (C=O) groups excluding carboxylic acids is 1. The molecule has 3 aliphatic heterocycles. The fraction of sp³-hybridized carbons (Fsp3) is 0.739. The second-order valence-electron chi connectivity index (χ2n) is 9.62. The zero-order valence-electron chi connectivity index (χ0n) is 18.7. The molecule has 5 rings (SSSR count). The van der Waals surface area contributed by atoms with E-state index in [2.05, 4.69) is 10.3 Å². The van der Waals surface area contributed by atoms with Crippen LogP contribution in [0.25, 0.3) is 0 Å². The van der Waals surface area contributed by atoms with Gasteiger partial charge in [-0.25, -0.2) is 0 Å². The quantitative estimate of drug-likeness (QED) is 0.708. The molecule has 5 atom stereocenters. The second-order valence-corrected chi connectivity index (χ2v) is 10.9. The highest BCUT2D eigenvalue weighted by molar-refractivity contribution is 8.00. The molecule has 2 unspecified atom stereocenters. The van der Waals surface area contributed by atoms with Crippen LogP contribution in [0.4, 0.5) is 13.2 Å². The van der Waals surface area contributed by atoms with Gasteiger partial charge in [-0.15, -0.1) is 0 Å². The van der Waals surface area contributed by atoms with Gasteiger partial charge in [0, 0.05) is 62.5 Å². The molecule has 0 spiro atoms. The highest BCUT2D eigenvalue weighted by atomic mass is 32.2. The third-order valence-electron chi connectivity index (χ3n) is 7.73. The first-order valence-electron chi connectivity index (χ1n) is 11.6. The summed E-state index contributed by atoms with van der Waals surface area (Å²) in [6.45, 7) is 1.99. The van der Waals surface area contributed by atoms with Crippen LogP contribution in [0.2, 0.25) is 0 Å². The first-order valence-corrected chi connectivity index (χ1v) is 12.7. The molecule has 6 nitrogen and oxygen atoms in total. The monoisotopic (exact) mass is 485 g/mol. The molecule has 0 radical (unpaired) electrons. The van der Waals surface area contributed by atoms with Crippen LogP contribution in [-0.4, -0.2) is 71.8 Å². The van der Waals surface area contributed by atoms with Gasteiger partial charge in [0.25, 0.3) is 0 Å². The number of carbonyl (C=O) groups is 1. The summed E-state index contributed by atoms with van der Waals surface area (Å²) in [4.78, 5) is 19.7. The zero-order valence-corrected chi connectivity index (χ0v) is 19.5. The summed E-state index contributed by atoms with van der Waals surface area (Å²) in [6, 6.07) is 1.59. The smallest absolute Gasteiger partial charge is 0.379 e. The minimum Gasteiger partial charge on any atom is -0.379 e. The molecular formula is C23H30F3N3O3S. The molecule has 1 saturated carbocycles. The maximum atomic E-state index is 13.9. The van der Waals surface area contributed by atoms with Crippen molar-refractivity contribution in [3.8, 4) is 0 Å². The molecule has 3 fully saturated rings. The zero-order chi connectivity index (χ0) is 23.2. The Bertz CT molecular complexity index is 901. The molecule has 33 heavy (non-hydrogen) atoms. The lowest BCUT2D eigenvalue weighted by Gasteiger charge is -2.37. The van der Waals surface area contributed by atoms with Crippen molar-refractivity contribution in [1.82, 2.24) is 15.2 Å². The summed E-state index contributed by atoms with van der Waals surface area (Å²) in [7, 11) is 1.70. The number of amides is 1. The number of nitrogens with one attached hydrogen (secondary N) is 1. The third kappa shape index (κ3) is 4.39. The number of rotatable bonds is 4. The molecule has 4 heterocycles. The van der Waals surface area contributed by atoms with E-state index in [4.69, 9.17) is 9.47 Å². The average molecular weight is 486 g/mol. The van der Waals surface area contributed by atoms with Crippen LogP contribution in [0, 0.1) is 5.41 Å². The van der Waals surface area contributed by atoms with Crippen LogP contribution < -0.4 is 5.32 Å². The Kier molecular flexibility index (Phi) is 6.39. The second kappa shape index (κ2) is 9.02. The Labute approximate surface area is 196 Å². The predicted molar refractivity (Wildman–Crippen MR) is 118 cm³/mol. The molecule has 10 heteroatoms. The van der Waals surface area contributed by atoms with Crippen molar-refractivity contribution in [3.05, 3.63) is 29.1 Å². The van der Waals surface area contributed by atoms with Crippen molar-refractivity contribution < 1.29 is 27.4 Å². The number of thioether (sulfide) groups is 1. The number of methoxy groups -OCH3 is 1. The highest BCUT2D eigenvalue weighted by Gasteiger charge is 2.57. The van der Waals surface area contributed by atoms with E-state index < -0.39 is 17.2 Å². The summed E-state index contributed by atoms with van der Waals surface area (Å²) in [5, 5.41) is 3.99. The average Bonchev–Trinajstić information content (AvgIpc) is 3.35. The lowest BCUT2D eigenvalue weighted by molar-refractivity contribution is -0.142. The minimum atomic E-state index is -4.44. The Hall–Kier alpha value is -1.36. The maximum Gasteiger partial charge on any atom is 0.417 e. The SMILES string of the molecule is COC1COCCC1N[C@@H]1C[C@H]2SCC[C@]2(C(=O)N2CCc3ncc(C(F)(F)F)cc3C2)C1. The molecule has 1 aromatic heterocycles. The first-order chi connectivity index (χ1) is 15.8. The van der Waals surface area contributed by atoms with E-state index in [1.807, 2.05) is 11.8 Å². The van der Waals surface area contributed by atoms with Gasteiger partial charge in [-0.2, -0.15) is 24.9 Å². The molecular weight excluding hydrogens is 455 g/mol. The van der Waals surface area contributed by atoms with E-state index in [1.165, 1.54) is 0 Å². The van der Waals surface area contributed by atoms with Crippen molar-refractivity contribution in [2.24, 2.45) is 5.41 Å². The van der Waals surface area contributed by atoms with Crippen molar-refractivity contribution in [3.63, 3.8) is 0 Å². The molecule has 4 aliphatic rings. The minimum absolute atomic E-state index is 0.00687. The van der Waals surface area contributed by atoms with Gasteiger partial charge in [-0.05, 0) is 43.1 Å². The van der Waals surface area contributed by atoms with Crippen LogP contribution in [-0.2, 0) is 33.4 Å². The van der Waals surface area contributed by atoms with Gasteiger partial charge in [0.05, 0.1) is 23.7 Å². The number of alkyl halides is 3. The lowest BCUT2D eigenvalue weighted by atomic mass is 9.80. The fourth-order valence-corrected chi connectivity index (χ4v) is 7.75. The van der Waals surface area contributed by atoms with E-state index in [-0.39, 0.29) is 35.9 Å². The topological polar surface area (TPSA) is 63.7 Å². The number of halogens is 3. The van der Waals surface area contributed by atoms with Crippen LogP contribution >= 0.6 is 11.8 Å². The number of ether oxygens (including phenoxy) is 2. The highest BCUT2D eigenvalue weighted by Crippen LogP contribution is 2.55. The van der Waals surface area contributed by atoms with Gasteiger partial charge in [0.2, 0.25) is 5.91 Å². The van der Waals surface area contributed by atoms with Crippen molar-refractivity contribution in [2.75, 3.05) is 32.6 Å². The summed E-state index contributed by atoms with van der Waals surface area (Å²) in [5.74, 6) is 1.05. The number of fused-ring (bicyclic) bond motifs is 2. The number of hydrogen-bond donors (Lipinski definition) is 1. The largest absolute Gasteiger partial charge is 0.417 e. The van der Waals surface area contributed by atoms with Crippen LogP contribution in [0.5, 0.6) is 0 Å². The Morgan fingerprint density at radius 2 is 2.27 bits per heavy atom. The normalized spacial score (nSPS) is 34.2. The molecule has 1 aromatic rings. The fourth-order valence-electron chi connectivity index (χ4n) is 5.98. The Morgan fingerprint density at radius 1 is 1.42 bits per heavy atom. The summed E-state index contributed by atoms with van der Waals surface area (Å²) >= 11 is 1.86. The summed E-state index contributed by atoms with van der Waals surface area (Å²) in [5.41, 5.74) is -0.0149. The van der Waals surface area contributed by atoms with Crippen LogP contribution in [0.1, 0.15) is 42.5 Å². The molecule has 1 N–H and O–H groups in total. The standard InChI is InChI=1S/C23H30F3N3O3S/c1-31-19-13-32-6-3-18(19)28-16-9-20-22(10-16,4-7-33-20)21(30)29-5-2-17-14(12-29)8-15(11-27-17)23(24,25)26/h8,11,16,18-20,28H,2-7,9-10,12-13H2,1H3/t16-,18?,19?,20-,22+/m1/s1. The van der Waals surface area contributed by atoms with E-state index in [0.717, 1.165) is 43.7 Å². The third-order valence-corrected chi connectivity index (χ3v) is 9.22. The number of nitrogens with zero attached hydrogens (tertiary/aromatic N) is 2. The lowest BCUT2D eigenvalue weighted by Crippen LogP contribution is -2.51. The maximum absolute atomic E-state index is 13.9. The van der Waals surface area contributed by atoms with E-state index >= 15 is 0 Å². The van der Waals surface area contributed by atoms with Gasteiger partial charge in [-0.3, -0.25) is 9.78 Å². The van der Waals surface area contributed by atoms with Crippen molar-refractivity contribution in [1.29, 1.82) is 0 Å². The molecule has 1 aliphatic carbocycles. The van der Waals surface area contributed by atoms with Gasteiger partial charge < -0.3 is 19.7 Å².